The molecular weight excluding hydrogens is 387 g/mol. The maximum absolute atomic E-state index is 12.9. The fourth-order valence-corrected chi connectivity index (χ4v) is 4.70. The number of benzene rings is 1. The molecule has 0 bridgehead atoms. The Kier molecular flexibility index (Phi) is 6.72. The molecule has 9 heteroatoms. The van der Waals surface area contributed by atoms with Gasteiger partial charge in [-0.2, -0.15) is 0 Å². The second-order valence-electron chi connectivity index (χ2n) is 8.33. The van der Waals surface area contributed by atoms with Crippen LogP contribution in [0.4, 0.5) is 0 Å². The van der Waals surface area contributed by atoms with Gasteiger partial charge in [0.05, 0.1) is 16.1 Å². The number of sulfonamides is 1. The molecule has 2 aliphatic rings. The van der Waals surface area contributed by atoms with Crippen LogP contribution in [0.1, 0.15) is 46.1 Å². The summed E-state index contributed by atoms with van der Waals surface area (Å²) >= 11 is 0. The first-order valence-corrected chi connectivity index (χ1v) is 10.7. The second-order valence-corrected chi connectivity index (χ2v) is 10.0. The first-order chi connectivity index (χ1) is 12.0. The van der Waals surface area contributed by atoms with E-state index in [-0.39, 0.29) is 23.3 Å². The Morgan fingerprint density at radius 2 is 1.78 bits per heavy atom. The van der Waals surface area contributed by atoms with Crippen LogP contribution in [0.2, 0.25) is 0 Å². The van der Waals surface area contributed by atoms with Crippen molar-refractivity contribution in [3.63, 3.8) is 0 Å². The molecule has 27 heavy (non-hydrogen) atoms. The Labute approximate surface area is 169 Å². The van der Waals surface area contributed by atoms with Gasteiger partial charge in [0.2, 0.25) is 10.0 Å². The van der Waals surface area contributed by atoms with Gasteiger partial charge < -0.3 is 14.6 Å². The van der Waals surface area contributed by atoms with Gasteiger partial charge in [0.1, 0.15) is 0 Å². The fourth-order valence-electron chi connectivity index (χ4n) is 3.29. The summed E-state index contributed by atoms with van der Waals surface area (Å²) in [4.78, 5) is 0.257. The van der Waals surface area contributed by atoms with Gasteiger partial charge >= 0.3 is 7.12 Å². The normalized spacial score (nSPS) is 24.5. The van der Waals surface area contributed by atoms with E-state index in [1.807, 2.05) is 40.7 Å². The first kappa shape index (κ1) is 22.7. The molecule has 2 aliphatic heterocycles. The van der Waals surface area contributed by atoms with Gasteiger partial charge in [-0.3, -0.25) is 0 Å². The summed E-state index contributed by atoms with van der Waals surface area (Å²) in [5.74, 6) is 0. The summed E-state index contributed by atoms with van der Waals surface area (Å²) in [6.45, 7) is 11.4. The third-order valence-corrected chi connectivity index (χ3v) is 7.03. The Morgan fingerprint density at radius 3 is 2.33 bits per heavy atom. The molecule has 6 nitrogen and oxygen atoms in total. The number of hydrogen-bond acceptors (Lipinski definition) is 5. The molecule has 1 aromatic rings. The van der Waals surface area contributed by atoms with Crippen LogP contribution >= 0.6 is 12.4 Å². The summed E-state index contributed by atoms with van der Waals surface area (Å²) in [6.07, 6.45) is 1.82. The van der Waals surface area contributed by atoms with Crippen LogP contribution in [0, 0.1) is 6.92 Å². The van der Waals surface area contributed by atoms with Crippen LogP contribution < -0.4 is 15.5 Å². The summed E-state index contributed by atoms with van der Waals surface area (Å²) in [5, 5.41) is 3.23. The molecule has 2 heterocycles. The van der Waals surface area contributed by atoms with E-state index in [4.69, 9.17) is 9.31 Å². The summed E-state index contributed by atoms with van der Waals surface area (Å²) in [6, 6.07) is 5.19. The molecule has 2 saturated heterocycles. The van der Waals surface area contributed by atoms with Crippen molar-refractivity contribution in [2.45, 2.75) is 69.6 Å². The molecule has 0 amide bonds. The fraction of sp³-hybridized carbons (Fsp3) is 0.667. The lowest BCUT2D eigenvalue weighted by Crippen LogP contribution is -2.45. The Hall–Kier alpha value is -0.635. The van der Waals surface area contributed by atoms with Gasteiger partial charge in [0.25, 0.3) is 0 Å². The van der Waals surface area contributed by atoms with Crippen molar-refractivity contribution in [2.75, 3.05) is 13.1 Å². The lowest BCUT2D eigenvalue weighted by molar-refractivity contribution is 0.00578. The number of hydrogen-bond donors (Lipinski definition) is 2. The van der Waals surface area contributed by atoms with Gasteiger partial charge in [0.15, 0.2) is 0 Å². The second kappa shape index (κ2) is 8.01. The van der Waals surface area contributed by atoms with Gasteiger partial charge in [-0.05, 0) is 71.6 Å². The monoisotopic (exact) mass is 416 g/mol. The van der Waals surface area contributed by atoms with E-state index in [1.165, 1.54) is 0 Å². The topological polar surface area (TPSA) is 76.7 Å². The first-order valence-electron chi connectivity index (χ1n) is 9.20. The Balaban J connectivity index is 0.00000261. The van der Waals surface area contributed by atoms with Crippen molar-refractivity contribution in [1.29, 1.82) is 0 Å². The number of piperidine rings is 1. The highest BCUT2D eigenvalue weighted by Gasteiger charge is 2.51. The van der Waals surface area contributed by atoms with Crippen LogP contribution in [0.5, 0.6) is 0 Å². The van der Waals surface area contributed by atoms with E-state index in [0.717, 1.165) is 30.4 Å². The van der Waals surface area contributed by atoms with Gasteiger partial charge in [-0.1, -0.05) is 11.6 Å². The molecule has 1 atom stereocenters. The van der Waals surface area contributed by atoms with E-state index in [2.05, 4.69) is 10.0 Å². The summed E-state index contributed by atoms with van der Waals surface area (Å²) < 4.78 is 40.7. The number of aryl methyl sites for hydroxylation is 1. The molecule has 0 spiro atoms. The highest BCUT2D eigenvalue weighted by molar-refractivity contribution is 7.89. The zero-order valence-corrected chi connectivity index (χ0v) is 18.3. The van der Waals surface area contributed by atoms with Crippen molar-refractivity contribution in [1.82, 2.24) is 10.0 Å². The maximum Gasteiger partial charge on any atom is 0.494 e. The smallest absolute Gasteiger partial charge is 0.399 e. The van der Waals surface area contributed by atoms with E-state index < -0.39 is 28.3 Å². The van der Waals surface area contributed by atoms with Crippen molar-refractivity contribution < 1.29 is 17.7 Å². The molecule has 2 fully saturated rings. The minimum Gasteiger partial charge on any atom is -0.399 e. The molecule has 3 rings (SSSR count). The molecule has 0 saturated carbocycles. The van der Waals surface area contributed by atoms with Gasteiger partial charge in [0, 0.05) is 12.6 Å². The predicted octanol–water partition coefficient (Wildman–Crippen LogP) is 1.75. The van der Waals surface area contributed by atoms with Crippen molar-refractivity contribution in [3.8, 4) is 0 Å². The molecule has 2 N–H and O–H groups in total. The molecule has 1 aromatic carbocycles. The predicted molar refractivity (Wildman–Crippen MR) is 110 cm³/mol. The Morgan fingerprint density at radius 1 is 1.15 bits per heavy atom. The van der Waals surface area contributed by atoms with Gasteiger partial charge in [-0.15, -0.1) is 12.4 Å². The highest BCUT2D eigenvalue weighted by atomic mass is 35.5. The third kappa shape index (κ3) is 4.86. The third-order valence-electron chi connectivity index (χ3n) is 5.53. The zero-order valence-electron chi connectivity index (χ0n) is 16.7. The van der Waals surface area contributed by atoms with Crippen LogP contribution in [-0.4, -0.2) is 45.9 Å². The van der Waals surface area contributed by atoms with Crippen molar-refractivity contribution >= 4 is 35.0 Å². The highest BCUT2D eigenvalue weighted by Crippen LogP contribution is 2.36. The molecule has 0 aliphatic carbocycles. The number of halogens is 1. The molecule has 152 valence electrons. The lowest BCUT2D eigenvalue weighted by atomic mass is 9.78. The van der Waals surface area contributed by atoms with E-state index in [9.17, 15) is 8.42 Å². The minimum atomic E-state index is -3.59. The van der Waals surface area contributed by atoms with Gasteiger partial charge in [-0.25, -0.2) is 13.1 Å². The van der Waals surface area contributed by atoms with Crippen LogP contribution in [0.15, 0.2) is 23.1 Å². The minimum absolute atomic E-state index is 0. The Bertz CT molecular complexity index is 764. The summed E-state index contributed by atoms with van der Waals surface area (Å²) in [7, 11) is -4.17. The van der Waals surface area contributed by atoms with Crippen molar-refractivity contribution in [3.05, 3.63) is 23.8 Å². The zero-order chi connectivity index (χ0) is 19.2. The quantitative estimate of drug-likeness (QED) is 0.731. The summed E-state index contributed by atoms with van der Waals surface area (Å²) in [5.41, 5.74) is 0.656. The number of rotatable bonds is 4. The lowest BCUT2D eigenvalue weighted by Gasteiger charge is -2.32. The largest absolute Gasteiger partial charge is 0.494 e. The SMILES string of the molecule is Cc1cc(B2OC(C)(C)C(C)(C)O2)cc(S(=O)(=O)NC2CCCNC2)c1.Cl. The standard InChI is InChI=1S/C18H29BN2O4S.ClH/c1-13-9-14(19-24-17(2,3)18(4,5)25-19)11-16(10-13)26(22,23)21-15-7-6-8-20-12-15;/h9-11,15,20-21H,6-8,12H2,1-5H3;1H. The average Bonchev–Trinajstić information content (AvgIpc) is 2.75. The van der Waals surface area contributed by atoms with Crippen molar-refractivity contribution in [2.24, 2.45) is 0 Å². The van der Waals surface area contributed by atoms with E-state index in [1.54, 1.807) is 12.1 Å². The van der Waals surface area contributed by atoms with Crippen LogP contribution in [0.3, 0.4) is 0 Å². The average molecular weight is 417 g/mol. The molecule has 0 aromatic heterocycles. The number of nitrogens with one attached hydrogen (secondary N) is 2. The molecule has 0 radical (unpaired) electrons. The van der Waals surface area contributed by atoms with E-state index >= 15 is 0 Å². The molecule has 1 unspecified atom stereocenters. The van der Waals surface area contributed by atoms with E-state index in [0.29, 0.717) is 6.54 Å². The maximum atomic E-state index is 12.9. The van der Waals surface area contributed by atoms with Crippen LogP contribution in [0.25, 0.3) is 0 Å². The van der Waals surface area contributed by atoms with Crippen LogP contribution in [-0.2, 0) is 19.3 Å². The molecular formula is C18H30BClN2O4S.